The van der Waals surface area contributed by atoms with Crippen molar-refractivity contribution in [1.82, 2.24) is 4.90 Å². The molecule has 9 nitrogen and oxygen atoms in total. The number of β-amino-alcohol motifs (C(OH)–C–C–N with tert-alkyl or cyclic N) is 1. The van der Waals surface area contributed by atoms with Crippen LogP contribution in [0, 0.1) is 0 Å². The standard InChI is InChI=1S/C21H21ClNO8P/c1-23-7-6-12(16(26)10-23)19-14(24)9-18(31-32(27,28)29)20-15(25)8-17(30-21(19)20)11-4-2-3-5-13(11)22/h2-5,8-9,12,16,24,26H,6-7,10H2,1H3,(H2,27,28,29)/i1D. The highest BCUT2D eigenvalue weighted by Crippen LogP contribution is 2.47. The maximum absolute atomic E-state index is 13.1. The van der Waals surface area contributed by atoms with E-state index in [1.807, 2.05) is 0 Å². The summed E-state index contributed by atoms with van der Waals surface area (Å²) >= 11 is 6.25. The Morgan fingerprint density at radius 3 is 2.72 bits per heavy atom. The van der Waals surface area contributed by atoms with Crippen LogP contribution in [0.1, 0.15) is 19.3 Å². The maximum Gasteiger partial charge on any atom is 0.524 e. The molecule has 1 fully saturated rings. The highest BCUT2D eigenvalue weighted by atomic mass is 35.5. The fourth-order valence-electron chi connectivity index (χ4n) is 3.99. The number of aromatic hydroxyl groups is 1. The first-order valence-electron chi connectivity index (χ1n) is 10.3. The van der Waals surface area contributed by atoms with Gasteiger partial charge in [0.1, 0.15) is 28.2 Å². The SMILES string of the molecule is [2H]CN1CCC(c2c(O)cc(OP(=O)(O)O)c3c(=O)cc(-c4ccccc4Cl)oc23)C(O)C1. The summed E-state index contributed by atoms with van der Waals surface area (Å²) in [6.07, 6.45) is -0.637. The van der Waals surface area contributed by atoms with Gasteiger partial charge in [0.2, 0.25) is 0 Å². The van der Waals surface area contributed by atoms with E-state index >= 15 is 0 Å². The molecule has 4 rings (SSSR count). The molecule has 0 saturated carbocycles. The molecule has 0 aliphatic carbocycles. The van der Waals surface area contributed by atoms with Crippen molar-refractivity contribution in [3.8, 4) is 22.8 Å². The minimum Gasteiger partial charge on any atom is -0.507 e. The summed E-state index contributed by atoms with van der Waals surface area (Å²) in [5.41, 5.74) is -0.320. The summed E-state index contributed by atoms with van der Waals surface area (Å²) < 4.78 is 29.7. The Bertz CT molecular complexity index is 1310. The number of phenolic OH excluding ortho intramolecular Hbond substituents is 1. The number of phenols is 1. The van der Waals surface area contributed by atoms with Crippen LogP contribution in [-0.2, 0) is 4.57 Å². The molecule has 170 valence electrons. The number of hydrogen-bond donors (Lipinski definition) is 4. The highest BCUT2D eigenvalue weighted by molar-refractivity contribution is 7.46. The average molecular weight is 483 g/mol. The Balaban J connectivity index is 2.00. The number of phosphoric acid groups is 1. The molecule has 32 heavy (non-hydrogen) atoms. The van der Waals surface area contributed by atoms with Gasteiger partial charge in [-0.15, -0.1) is 0 Å². The van der Waals surface area contributed by atoms with E-state index in [2.05, 4.69) is 4.52 Å². The van der Waals surface area contributed by atoms with Crippen LogP contribution in [0.2, 0.25) is 5.02 Å². The van der Waals surface area contributed by atoms with Crippen LogP contribution in [0.25, 0.3) is 22.3 Å². The van der Waals surface area contributed by atoms with Gasteiger partial charge in [-0.25, -0.2) is 4.57 Å². The monoisotopic (exact) mass is 482 g/mol. The van der Waals surface area contributed by atoms with Gasteiger partial charge in [0.05, 0.1) is 11.1 Å². The first-order chi connectivity index (χ1) is 15.6. The molecule has 2 atom stereocenters. The molecule has 4 N–H and O–H groups in total. The minimum absolute atomic E-state index is 0.00267. The quantitative estimate of drug-likeness (QED) is 0.413. The Morgan fingerprint density at radius 1 is 1.31 bits per heavy atom. The van der Waals surface area contributed by atoms with E-state index in [0.717, 1.165) is 12.1 Å². The number of aliphatic hydroxyl groups is 1. The van der Waals surface area contributed by atoms with Gasteiger partial charge in [-0.3, -0.25) is 14.6 Å². The summed E-state index contributed by atoms with van der Waals surface area (Å²) in [7, 11) is -5.07. The van der Waals surface area contributed by atoms with Gasteiger partial charge in [-0.05, 0) is 32.1 Å². The van der Waals surface area contributed by atoms with Crippen molar-refractivity contribution in [3.63, 3.8) is 0 Å². The third-order valence-electron chi connectivity index (χ3n) is 5.38. The molecule has 0 bridgehead atoms. The molecule has 1 aromatic heterocycles. The van der Waals surface area contributed by atoms with Crippen molar-refractivity contribution >= 4 is 30.4 Å². The lowest BCUT2D eigenvalue weighted by molar-refractivity contribution is 0.0630. The number of nitrogens with zero attached hydrogens (tertiary/aromatic N) is 1. The van der Waals surface area contributed by atoms with E-state index in [1.54, 1.807) is 29.2 Å². The van der Waals surface area contributed by atoms with Crippen molar-refractivity contribution < 1.29 is 34.9 Å². The molecule has 1 aliphatic rings. The Hall–Kier alpha value is -2.39. The second-order valence-electron chi connectivity index (χ2n) is 7.59. The maximum atomic E-state index is 13.1. The van der Waals surface area contributed by atoms with Crippen LogP contribution in [-0.4, -0.2) is 51.1 Å². The first kappa shape index (κ1) is 21.5. The molecule has 11 heteroatoms. The highest BCUT2D eigenvalue weighted by Gasteiger charge is 2.34. The van der Waals surface area contributed by atoms with Crippen molar-refractivity contribution in [3.05, 3.63) is 57.2 Å². The number of likely N-dealkylation sites (N-methyl/N-ethyl adjacent to an activating group) is 1. The number of halogens is 1. The topological polar surface area (TPSA) is 141 Å². The molecule has 2 unspecified atom stereocenters. The van der Waals surface area contributed by atoms with Crippen LogP contribution < -0.4 is 9.95 Å². The molecule has 0 spiro atoms. The number of hydrogen-bond acceptors (Lipinski definition) is 7. The molecule has 0 amide bonds. The molecule has 0 radical (unpaired) electrons. The van der Waals surface area contributed by atoms with Crippen molar-refractivity contribution in [2.24, 2.45) is 0 Å². The zero-order valence-electron chi connectivity index (χ0n) is 17.6. The van der Waals surface area contributed by atoms with E-state index in [-0.39, 0.29) is 35.9 Å². The normalized spacial score (nSPS) is 20.3. The number of piperidine rings is 1. The van der Waals surface area contributed by atoms with Crippen molar-refractivity contribution in [1.29, 1.82) is 0 Å². The van der Waals surface area contributed by atoms with Gasteiger partial charge >= 0.3 is 7.82 Å². The number of likely N-dealkylation sites (tertiary alicyclic amines) is 1. The summed E-state index contributed by atoms with van der Waals surface area (Å²) in [6, 6.07) is 8.68. The average Bonchev–Trinajstić information content (AvgIpc) is 2.73. The zero-order valence-corrected chi connectivity index (χ0v) is 18.3. The summed E-state index contributed by atoms with van der Waals surface area (Å²) in [5.74, 6) is -1.58. The molecular formula is C21H21ClNO8P. The summed E-state index contributed by atoms with van der Waals surface area (Å²) in [5, 5.41) is 21.6. The number of fused-ring (bicyclic) bond motifs is 1. The largest absolute Gasteiger partial charge is 0.524 e. The van der Waals surface area contributed by atoms with Gasteiger partial charge in [0, 0.05) is 37.1 Å². The zero-order chi connectivity index (χ0) is 23.9. The number of rotatable bonds is 4. The fourth-order valence-corrected chi connectivity index (χ4v) is 4.62. The summed E-state index contributed by atoms with van der Waals surface area (Å²) in [4.78, 5) is 33.4. The Labute approximate surface area is 189 Å². The minimum atomic E-state index is -5.07. The Morgan fingerprint density at radius 2 is 2.06 bits per heavy atom. The number of phosphoric ester groups is 1. The van der Waals surface area contributed by atoms with Crippen LogP contribution in [0.4, 0.5) is 0 Å². The van der Waals surface area contributed by atoms with Crippen LogP contribution in [0.15, 0.2) is 45.6 Å². The predicted octanol–water partition coefficient (Wildman–Crippen LogP) is 3.07. The molecule has 1 saturated heterocycles. The van der Waals surface area contributed by atoms with Crippen molar-refractivity contribution in [2.75, 3.05) is 20.1 Å². The molecule has 2 heterocycles. The fraction of sp³-hybridized carbons (Fsp3) is 0.286. The molecular weight excluding hydrogens is 461 g/mol. The number of aliphatic hydroxyl groups excluding tert-OH is 1. The van der Waals surface area contributed by atoms with E-state index in [0.29, 0.717) is 23.6 Å². The van der Waals surface area contributed by atoms with Gasteiger partial charge in [0.25, 0.3) is 0 Å². The van der Waals surface area contributed by atoms with Gasteiger partial charge < -0.3 is 24.1 Å². The van der Waals surface area contributed by atoms with E-state index in [4.69, 9.17) is 17.4 Å². The lowest BCUT2D eigenvalue weighted by atomic mass is 9.85. The van der Waals surface area contributed by atoms with E-state index < -0.39 is 36.8 Å². The third-order valence-corrected chi connectivity index (χ3v) is 6.14. The van der Waals surface area contributed by atoms with Gasteiger partial charge in [-0.2, -0.15) is 0 Å². The summed E-state index contributed by atoms with van der Waals surface area (Å²) in [6.45, 7) is 0.631. The van der Waals surface area contributed by atoms with Crippen LogP contribution in [0.3, 0.4) is 0 Å². The predicted molar refractivity (Wildman–Crippen MR) is 118 cm³/mol. The van der Waals surface area contributed by atoms with Crippen molar-refractivity contribution in [2.45, 2.75) is 18.4 Å². The second-order valence-corrected chi connectivity index (χ2v) is 9.16. The third kappa shape index (κ3) is 4.41. The molecule has 1 aliphatic heterocycles. The van der Waals surface area contributed by atoms with Crippen LogP contribution >= 0.6 is 19.4 Å². The van der Waals surface area contributed by atoms with Crippen LogP contribution in [0.5, 0.6) is 11.5 Å². The first-order valence-corrected chi connectivity index (χ1v) is 11.5. The second kappa shape index (κ2) is 8.51. The van der Waals surface area contributed by atoms with E-state index in [1.165, 1.54) is 0 Å². The van der Waals surface area contributed by atoms with Gasteiger partial charge in [0.15, 0.2) is 5.43 Å². The molecule has 3 aromatic rings. The van der Waals surface area contributed by atoms with E-state index in [9.17, 15) is 29.4 Å². The number of benzene rings is 2. The Kier molecular flexibility index (Phi) is 5.71. The smallest absolute Gasteiger partial charge is 0.507 e. The van der Waals surface area contributed by atoms with Gasteiger partial charge in [-0.1, -0.05) is 23.7 Å². The lowest BCUT2D eigenvalue weighted by Gasteiger charge is -2.34. The lowest BCUT2D eigenvalue weighted by Crippen LogP contribution is -2.40. The molecule has 2 aromatic carbocycles.